The molecule has 1 aliphatic heterocycles. The number of phenols is 2. The SMILES string of the molecule is CC(NCC1CCCCN1C)c1c(O)cccc1O. The Morgan fingerprint density at radius 3 is 2.63 bits per heavy atom. The van der Waals surface area contributed by atoms with E-state index in [1.165, 1.54) is 19.3 Å². The van der Waals surface area contributed by atoms with E-state index in [2.05, 4.69) is 17.3 Å². The van der Waals surface area contributed by atoms with Crippen molar-refractivity contribution in [2.45, 2.75) is 38.3 Å². The van der Waals surface area contributed by atoms with Crippen molar-refractivity contribution in [3.8, 4) is 11.5 Å². The van der Waals surface area contributed by atoms with Gasteiger partial charge in [-0.3, -0.25) is 0 Å². The van der Waals surface area contributed by atoms with Crippen LogP contribution in [-0.4, -0.2) is 41.3 Å². The average molecular weight is 264 g/mol. The zero-order chi connectivity index (χ0) is 13.8. The zero-order valence-electron chi connectivity index (χ0n) is 11.8. The molecule has 0 bridgehead atoms. The highest BCUT2D eigenvalue weighted by molar-refractivity contribution is 5.44. The van der Waals surface area contributed by atoms with E-state index in [1.54, 1.807) is 18.2 Å². The van der Waals surface area contributed by atoms with Gasteiger partial charge in [0.15, 0.2) is 0 Å². The number of hydrogen-bond donors (Lipinski definition) is 3. The van der Waals surface area contributed by atoms with E-state index < -0.39 is 0 Å². The minimum atomic E-state index is -0.0588. The summed E-state index contributed by atoms with van der Waals surface area (Å²) >= 11 is 0. The lowest BCUT2D eigenvalue weighted by Crippen LogP contribution is -2.43. The Morgan fingerprint density at radius 1 is 1.32 bits per heavy atom. The van der Waals surface area contributed by atoms with E-state index in [0.29, 0.717) is 11.6 Å². The molecule has 0 amide bonds. The molecule has 4 heteroatoms. The predicted octanol–water partition coefficient (Wildman–Crippen LogP) is 2.23. The van der Waals surface area contributed by atoms with Gasteiger partial charge in [0.2, 0.25) is 0 Å². The van der Waals surface area contributed by atoms with Gasteiger partial charge >= 0.3 is 0 Å². The number of nitrogens with one attached hydrogen (secondary N) is 1. The molecule has 0 radical (unpaired) electrons. The van der Waals surface area contributed by atoms with E-state index in [-0.39, 0.29) is 17.5 Å². The van der Waals surface area contributed by atoms with Crippen molar-refractivity contribution in [1.82, 2.24) is 10.2 Å². The Hall–Kier alpha value is -1.26. The minimum absolute atomic E-state index is 0.0588. The van der Waals surface area contributed by atoms with Crippen LogP contribution < -0.4 is 5.32 Å². The Morgan fingerprint density at radius 2 is 2.00 bits per heavy atom. The van der Waals surface area contributed by atoms with Crippen LogP contribution in [0.25, 0.3) is 0 Å². The highest BCUT2D eigenvalue weighted by atomic mass is 16.3. The Balaban J connectivity index is 1.95. The van der Waals surface area contributed by atoms with Crippen molar-refractivity contribution in [3.05, 3.63) is 23.8 Å². The normalized spacial score (nSPS) is 22.3. The molecule has 0 aliphatic carbocycles. The van der Waals surface area contributed by atoms with Gasteiger partial charge in [-0.2, -0.15) is 0 Å². The lowest BCUT2D eigenvalue weighted by Gasteiger charge is -2.33. The smallest absolute Gasteiger partial charge is 0.124 e. The maximum Gasteiger partial charge on any atom is 0.124 e. The Kier molecular flexibility index (Phi) is 4.66. The standard InChI is InChI=1S/C15H24N2O2/c1-11(15-13(18)7-5-8-14(15)19)16-10-12-6-3-4-9-17(12)2/h5,7-8,11-12,16,18-19H,3-4,6,9-10H2,1-2H3. The first kappa shape index (κ1) is 14.2. The summed E-state index contributed by atoms with van der Waals surface area (Å²) in [6.45, 7) is 4.01. The highest BCUT2D eigenvalue weighted by Gasteiger charge is 2.21. The topological polar surface area (TPSA) is 55.7 Å². The minimum Gasteiger partial charge on any atom is -0.507 e. The maximum atomic E-state index is 9.84. The van der Waals surface area contributed by atoms with Crippen LogP contribution in [0.4, 0.5) is 0 Å². The largest absolute Gasteiger partial charge is 0.507 e. The van der Waals surface area contributed by atoms with Crippen LogP contribution in [0.5, 0.6) is 11.5 Å². The van der Waals surface area contributed by atoms with Crippen LogP contribution in [0.2, 0.25) is 0 Å². The van der Waals surface area contributed by atoms with E-state index in [0.717, 1.165) is 13.1 Å². The number of rotatable bonds is 4. The molecule has 2 rings (SSSR count). The third kappa shape index (κ3) is 3.39. The van der Waals surface area contributed by atoms with Gasteiger partial charge in [-0.05, 0) is 45.5 Å². The molecule has 19 heavy (non-hydrogen) atoms. The zero-order valence-corrected chi connectivity index (χ0v) is 11.8. The molecule has 1 aromatic rings. The van der Waals surface area contributed by atoms with Crippen molar-refractivity contribution in [2.75, 3.05) is 20.1 Å². The number of nitrogens with zero attached hydrogens (tertiary/aromatic N) is 1. The van der Waals surface area contributed by atoms with Gasteiger partial charge in [0.05, 0.1) is 5.56 Å². The summed E-state index contributed by atoms with van der Waals surface area (Å²) in [5, 5.41) is 23.1. The van der Waals surface area contributed by atoms with Crippen LogP contribution >= 0.6 is 0 Å². The Labute approximate surface area is 115 Å². The molecule has 0 saturated carbocycles. The molecule has 1 heterocycles. The molecule has 3 N–H and O–H groups in total. The fourth-order valence-electron chi connectivity index (χ4n) is 2.80. The van der Waals surface area contributed by atoms with E-state index >= 15 is 0 Å². The summed E-state index contributed by atoms with van der Waals surface area (Å²) in [6, 6.07) is 5.36. The summed E-state index contributed by atoms with van der Waals surface area (Å²) in [5.74, 6) is 0.300. The van der Waals surface area contributed by atoms with Crippen molar-refractivity contribution in [2.24, 2.45) is 0 Å². The number of aromatic hydroxyl groups is 2. The first-order valence-corrected chi connectivity index (χ1v) is 7.04. The van der Waals surface area contributed by atoms with Gasteiger partial charge in [-0.1, -0.05) is 12.5 Å². The summed E-state index contributed by atoms with van der Waals surface area (Å²) in [7, 11) is 2.16. The molecule has 106 valence electrons. The van der Waals surface area contributed by atoms with Gasteiger partial charge in [-0.25, -0.2) is 0 Å². The third-order valence-electron chi connectivity index (χ3n) is 4.07. The first-order valence-electron chi connectivity index (χ1n) is 7.04. The van der Waals surface area contributed by atoms with Crippen molar-refractivity contribution >= 4 is 0 Å². The fourth-order valence-corrected chi connectivity index (χ4v) is 2.80. The number of piperidine rings is 1. The molecule has 1 aliphatic rings. The second kappa shape index (κ2) is 6.26. The van der Waals surface area contributed by atoms with E-state index in [9.17, 15) is 10.2 Å². The van der Waals surface area contributed by atoms with E-state index in [4.69, 9.17) is 0 Å². The predicted molar refractivity (Wildman–Crippen MR) is 76.5 cm³/mol. The van der Waals surface area contributed by atoms with Crippen LogP contribution in [-0.2, 0) is 0 Å². The first-order chi connectivity index (χ1) is 9.09. The van der Waals surface area contributed by atoms with E-state index in [1.807, 2.05) is 6.92 Å². The number of hydrogen-bond acceptors (Lipinski definition) is 4. The molecule has 2 atom stereocenters. The molecule has 0 spiro atoms. The molecule has 1 aromatic carbocycles. The fraction of sp³-hybridized carbons (Fsp3) is 0.600. The van der Waals surface area contributed by atoms with Crippen molar-refractivity contribution in [3.63, 3.8) is 0 Å². The van der Waals surface area contributed by atoms with Gasteiger partial charge in [0, 0.05) is 18.6 Å². The second-order valence-electron chi connectivity index (χ2n) is 5.47. The molecule has 0 aromatic heterocycles. The molecular weight excluding hydrogens is 240 g/mol. The maximum absolute atomic E-state index is 9.84. The van der Waals surface area contributed by atoms with Crippen LogP contribution in [0.1, 0.15) is 37.8 Å². The van der Waals surface area contributed by atoms with Gasteiger partial charge in [-0.15, -0.1) is 0 Å². The summed E-state index contributed by atoms with van der Waals surface area (Å²) in [6.07, 6.45) is 3.78. The van der Waals surface area contributed by atoms with Gasteiger partial charge < -0.3 is 20.4 Å². The summed E-state index contributed by atoms with van der Waals surface area (Å²) < 4.78 is 0. The van der Waals surface area contributed by atoms with Crippen LogP contribution in [0.15, 0.2) is 18.2 Å². The number of likely N-dealkylation sites (N-methyl/N-ethyl adjacent to an activating group) is 1. The second-order valence-corrected chi connectivity index (χ2v) is 5.47. The molecular formula is C15H24N2O2. The third-order valence-corrected chi connectivity index (χ3v) is 4.07. The van der Waals surface area contributed by atoms with Crippen LogP contribution in [0, 0.1) is 0 Å². The van der Waals surface area contributed by atoms with Gasteiger partial charge in [0.1, 0.15) is 11.5 Å². The van der Waals surface area contributed by atoms with Crippen molar-refractivity contribution in [1.29, 1.82) is 0 Å². The molecule has 1 saturated heterocycles. The molecule has 4 nitrogen and oxygen atoms in total. The Bertz CT molecular complexity index is 402. The quantitative estimate of drug-likeness (QED) is 0.780. The number of phenolic OH excluding ortho intramolecular Hbond substituents is 2. The number of likely N-dealkylation sites (tertiary alicyclic amines) is 1. The lowest BCUT2D eigenvalue weighted by molar-refractivity contribution is 0.178. The molecule has 2 unspecified atom stereocenters. The number of benzene rings is 1. The monoisotopic (exact) mass is 264 g/mol. The van der Waals surface area contributed by atoms with Crippen molar-refractivity contribution < 1.29 is 10.2 Å². The van der Waals surface area contributed by atoms with Crippen LogP contribution in [0.3, 0.4) is 0 Å². The molecule has 1 fully saturated rings. The summed E-state index contributed by atoms with van der Waals surface area (Å²) in [5.41, 5.74) is 0.584. The van der Waals surface area contributed by atoms with Gasteiger partial charge in [0.25, 0.3) is 0 Å². The lowest BCUT2D eigenvalue weighted by atomic mass is 10.0. The summed E-state index contributed by atoms with van der Waals surface area (Å²) in [4.78, 5) is 2.38. The average Bonchev–Trinajstić information content (AvgIpc) is 2.37. The highest BCUT2D eigenvalue weighted by Crippen LogP contribution is 2.32.